The number of rotatable bonds is 3. The summed E-state index contributed by atoms with van der Waals surface area (Å²) >= 11 is 1.58. The number of hydrogen-bond donors (Lipinski definition) is 1. The van der Waals surface area contributed by atoms with Gasteiger partial charge in [0.1, 0.15) is 0 Å². The van der Waals surface area contributed by atoms with Crippen LogP contribution in [0.1, 0.15) is 37.0 Å². The number of nitrogens with one attached hydrogen (secondary N) is 1. The molecule has 2 atom stereocenters. The van der Waals surface area contributed by atoms with E-state index >= 15 is 0 Å². The number of amides is 1. The van der Waals surface area contributed by atoms with E-state index in [-0.39, 0.29) is 5.91 Å². The van der Waals surface area contributed by atoms with E-state index in [1.54, 1.807) is 11.3 Å². The van der Waals surface area contributed by atoms with E-state index in [9.17, 15) is 4.79 Å². The summed E-state index contributed by atoms with van der Waals surface area (Å²) < 4.78 is 0. The fraction of sp³-hybridized carbons (Fsp3) is 0.615. The molecule has 1 N–H and O–H groups in total. The Balaban J connectivity index is 2.12. The predicted molar refractivity (Wildman–Crippen MR) is 71.5 cm³/mol. The highest BCUT2D eigenvalue weighted by Crippen LogP contribution is 2.17. The maximum atomic E-state index is 12.4. The van der Waals surface area contributed by atoms with Gasteiger partial charge in [0, 0.05) is 30.6 Å². The maximum Gasteiger partial charge on any atom is 0.255 e. The van der Waals surface area contributed by atoms with Crippen LogP contribution in [-0.4, -0.2) is 36.0 Å². The van der Waals surface area contributed by atoms with Crippen LogP contribution in [0.2, 0.25) is 0 Å². The van der Waals surface area contributed by atoms with Gasteiger partial charge in [-0.15, -0.1) is 0 Å². The van der Waals surface area contributed by atoms with Gasteiger partial charge in [-0.3, -0.25) is 4.79 Å². The van der Waals surface area contributed by atoms with Crippen molar-refractivity contribution in [2.45, 2.75) is 38.8 Å². The van der Waals surface area contributed by atoms with E-state index in [0.29, 0.717) is 12.1 Å². The molecule has 1 fully saturated rings. The second-order valence-electron chi connectivity index (χ2n) is 4.55. The molecule has 2 unspecified atom stereocenters. The van der Waals surface area contributed by atoms with Gasteiger partial charge in [0.15, 0.2) is 0 Å². The molecule has 0 aliphatic carbocycles. The summed E-state index contributed by atoms with van der Waals surface area (Å²) in [5, 5.41) is 7.42. The van der Waals surface area contributed by atoms with Gasteiger partial charge >= 0.3 is 0 Å². The van der Waals surface area contributed by atoms with Crippen LogP contribution in [0, 0.1) is 0 Å². The number of carbonyl (C=O) groups excluding carboxylic acids is 1. The molecule has 0 radical (unpaired) electrons. The lowest BCUT2D eigenvalue weighted by Gasteiger charge is -2.39. The number of piperazine rings is 1. The molecule has 3 nitrogen and oxygen atoms in total. The van der Waals surface area contributed by atoms with Crippen LogP contribution >= 0.6 is 11.3 Å². The number of thiophene rings is 1. The third-order valence-corrected chi connectivity index (χ3v) is 4.18. The highest BCUT2D eigenvalue weighted by molar-refractivity contribution is 7.08. The lowest BCUT2D eigenvalue weighted by molar-refractivity contribution is 0.0576. The van der Waals surface area contributed by atoms with Gasteiger partial charge in [-0.05, 0) is 24.3 Å². The molecule has 0 bridgehead atoms. The number of hydrogen-bond acceptors (Lipinski definition) is 3. The minimum absolute atomic E-state index is 0.193. The SMILES string of the molecule is CCC1CN(C(=O)c2ccsc2)C(CC)CN1. The normalized spacial score (nSPS) is 24.9. The van der Waals surface area contributed by atoms with Gasteiger partial charge in [0.25, 0.3) is 5.91 Å². The summed E-state index contributed by atoms with van der Waals surface area (Å²) in [5.41, 5.74) is 0.838. The van der Waals surface area contributed by atoms with Crippen molar-refractivity contribution < 1.29 is 4.79 Å². The third kappa shape index (κ3) is 2.69. The zero-order chi connectivity index (χ0) is 12.3. The molecule has 0 saturated carbocycles. The molecule has 1 aromatic heterocycles. The standard InChI is InChI=1S/C13H20N2OS/c1-3-11-8-15(12(4-2)7-14-11)13(16)10-5-6-17-9-10/h5-6,9,11-12,14H,3-4,7-8H2,1-2H3. The van der Waals surface area contributed by atoms with Gasteiger partial charge in [-0.2, -0.15) is 11.3 Å². The Bertz CT molecular complexity index is 364. The lowest BCUT2D eigenvalue weighted by Crippen LogP contribution is -2.57. The van der Waals surface area contributed by atoms with Crippen molar-refractivity contribution in [2.24, 2.45) is 0 Å². The van der Waals surface area contributed by atoms with Crippen LogP contribution in [0.15, 0.2) is 16.8 Å². The van der Waals surface area contributed by atoms with Crippen LogP contribution in [0.4, 0.5) is 0 Å². The largest absolute Gasteiger partial charge is 0.333 e. The molecule has 4 heteroatoms. The van der Waals surface area contributed by atoms with Crippen molar-refractivity contribution >= 4 is 17.2 Å². The molecule has 94 valence electrons. The van der Waals surface area contributed by atoms with Crippen molar-refractivity contribution in [3.8, 4) is 0 Å². The molecule has 1 aliphatic rings. The molecule has 2 rings (SSSR count). The molecule has 1 aromatic rings. The molecule has 1 aliphatic heterocycles. The quantitative estimate of drug-likeness (QED) is 0.895. The zero-order valence-electron chi connectivity index (χ0n) is 10.5. The maximum absolute atomic E-state index is 12.4. The van der Waals surface area contributed by atoms with Crippen molar-refractivity contribution in [2.75, 3.05) is 13.1 Å². The summed E-state index contributed by atoms with van der Waals surface area (Å²) in [6, 6.07) is 2.70. The number of nitrogens with zero attached hydrogens (tertiary/aromatic N) is 1. The summed E-state index contributed by atoms with van der Waals surface area (Å²) in [4.78, 5) is 14.4. The molecular formula is C13H20N2OS. The predicted octanol–water partition coefficient (Wildman–Crippen LogP) is 2.35. The average Bonchev–Trinajstić information content (AvgIpc) is 2.91. The Morgan fingerprint density at radius 1 is 1.53 bits per heavy atom. The van der Waals surface area contributed by atoms with E-state index in [2.05, 4.69) is 19.2 Å². The van der Waals surface area contributed by atoms with E-state index in [4.69, 9.17) is 0 Å². The summed E-state index contributed by atoms with van der Waals surface area (Å²) in [5.74, 6) is 0.193. The second kappa shape index (κ2) is 5.65. The van der Waals surface area contributed by atoms with Gasteiger partial charge in [0.05, 0.1) is 5.56 Å². The molecule has 17 heavy (non-hydrogen) atoms. The first-order chi connectivity index (χ1) is 8.26. The van der Waals surface area contributed by atoms with Crippen molar-refractivity contribution in [1.29, 1.82) is 0 Å². The topological polar surface area (TPSA) is 32.3 Å². The summed E-state index contributed by atoms with van der Waals surface area (Å²) in [7, 11) is 0. The van der Waals surface area contributed by atoms with Crippen molar-refractivity contribution in [1.82, 2.24) is 10.2 Å². The summed E-state index contributed by atoms with van der Waals surface area (Å²) in [6.07, 6.45) is 2.09. The highest BCUT2D eigenvalue weighted by atomic mass is 32.1. The van der Waals surface area contributed by atoms with Crippen molar-refractivity contribution in [3.63, 3.8) is 0 Å². The Labute approximate surface area is 107 Å². The van der Waals surface area contributed by atoms with Crippen LogP contribution < -0.4 is 5.32 Å². The fourth-order valence-corrected chi connectivity index (χ4v) is 2.93. The molecule has 0 spiro atoms. The minimum atomic E-state index is 0.193. The average molecular weight is 252 g/mol. The monoisotopic (exact) mass is 252 g/mol. The molecule has 2 heterocycles. The third-order valence-electron chi connectivity index (χ3n) is 3.49. The van der Waals surface area contributed by atoms with Crippen LogP contribution in [0.25, 0.3) is 0 Å². The minimum Gasteiger partial charge on any atom is -0.333 e. The molecule has 0 aromatic carbocycles. The van der Waals surface area contributed by atoms with E-state index in [1.807, 2.05) is 21.7 Å². The van der Waals surface area contributed by atoms with Gasteiger partial charge < -0.3 is 10.2 Å². The Kier molecular flexibility index (Phi) is 4.18. The Morgan fingerprint density at radius 3 is 2.94 bits per heavy atom. The molecular weight excluding hydrogens is 232 g/mol. The van der Waals surface area contributed by atoms with Crippen LogP contribution in [0.5, 0.6) is 0 Å². The molecule has 1 amide bonds. The van der Waals surface area contributed by atoms with E-state index in [1.165, 1.54) is 0 Å². The first-order valence-corrected chi connectivity index (χ1v) is 7.27. The second-order valence-corrected chi connectivity index (χ2v) is 5.33. The Hall–Kier alpha value is -0.870. The van der Waals surface area contributed by atoms with Gasteiger partial charge in [-0.1, -0.05) is 13.8 Å². The van der Waals surface area contributed by atoms with Gasteiger partial charge in [0.2, 0.25) is 0 Å². The van der Waals surface area contributed by atoms with E-state index < -0.39 is 0 Å². The highest BCUT2D eigenvalue weighted by Gasteiger charge is 2.30. The smallest absolute Gasteiger partial charge is 0.255 e. The van der Waals surface area contributed by atoms with E-state index in [0.717, 1.165) is 31.5 Å². The first-order valence-electron chi connectivity index (χ1n) is 6.32. The van der Waals surface area contributed by atoms with Crippen LogP contribution in [-0.2, 0) is 0 Å². The van der Waals surface area contributed by atoms with Gasteiger partial charge in [-0.25, -0.2) is 0 Å². The fourth-order valence-electron chi connectivity index (χ4n) is 2.30. The Morgan fingerprint density at radius 2 is 2.35 bits per heavy atom. The van der Waals surface area contributed by atoms with Crippen molar-refractivity contribution in [3.05, 3.63) is 22.4 Å². The zero-order valence-corrected chi connectivity index (χ0v) is 11.3. The lowest BCUT2D eigenvalue weighted by atomic mass is 10.0. The van der Waals surface area contributed by atoms with Crippen LogP contribution in [0.3, 0.4) is 0 Å². The molecule has 1 saturated heterocycles. The number of carbonyl (C=O) groups is 1. The summed E-state index contributed by atoms with van der Waals surface area (Å²) in [6.45, 7) is 6.07. The first kappa shape index (κ1) is 12.6.